The van der Waals surface area contributed by atoms with Crippen molar-refractivity contribution in [1.29, 1.82) is 0 Å². The van der Waals surface area contributed by atoms with Crippen LogP contribution in [-0.2, 0) is 6.54 Å². The fourth-order valence-electron chi connectivity index (χ4n) is 2.75. The number of anilines is 1. The summed E-state index contributed by atoms with van der Waals surface area (Å²) in [7, 11) is 0. The summed E-state index contributed by atoms with van der Waals surface area (Å²) in [4.78, 5) is 4.18. The molecule has 0 atom stereocenters. The Labute approximate surface area is 133 Å². The zero-order valence-corrected chi connectivity index (χ0v) is 12.7. The van der Waals surface area contributed by atoms with Crippen LogP contribution >= 0.6 is 0 Å². The molecule has 6 heteroatoms. The van der Waals surface area contributed by atoms with Crippen molar-refractivity contribution in [3.63, 3.8) is 0 Å². The molecule has 0 bridgehead atoms. The summed E-state index contributed by atoms with van der Waals surface area (Å²) in [6.07, 6.45) is 3.92. The molecule has 0 saturated carbocycles. The van der Waals surface area contributed by atoms with E-state index in [9.17, 15) is 0 Å². The molecule has 3 aromatic heterocycles. The summed E-state index contributed by atoms with van der Waals surface area (Å²) in [6, 6.07) is 14.2. The van der Waals surface area contributed by atoms with Gasteiger partial charge >= 0.3 is 0 Å². The second-order valence-corrected chi connectivity index (χ2v) is 5.48. The van der Waals surface area contributed by atoms with Gasteiger partial charge in [0.05, 0.1) is 12.7 Å². The van der Waals surface area contributed by atoms with E-state index in [-0.39, 0.29) is 5.95 Å². The van der Waals surface area contributed by atoms with Crippen LogP contribution in [0, 0.1) is 6.92 Å². The quantitative estimate of drug-likeness (QED) is 0.631. The van der Waals surface area contributed by atoms with E-state index in [0.717, 1.165) is 29.0 Å². The van der Waals surface area contributed by atoms with Crippen molar-refractivity contribution in [2.75, 3.05) is 5.73 Å². The highest BCUT2D eigenvalue weighted by Gasteiger charge is 2.10. The zero-order valence-electron chi connectivity index (χ0n) is 12.7. The van der Waals surface area contributed by atoms with Crippen molar-refractivity contribution >= 4 is 11.6 Å². The molecule has 0 radical (unpaired) electrons. The Hall–Kier alpha value is -3.15. The molecule has 114 valence electrons. The average Bonchev–Trinajstić information content (AvgIpc) is 3.15. The number of hydrogen-bond acceptors (Lipinski definition) is 4. The Morgan fingerprint density at radius 3 is 2.74 bits per heavy atom. The number of nitrogen functional groups attached to an aromatic ring is 1. The van der Waals surface area contributed by atoms with Crippen molar-refractivity contribution in [1.82, 2.24) is 24.4 Å². The molecule has 0 fully saturated rings. The standard InChI is InChI=1S/C17H16N6/c1-12-15(7-8-16-20-17(18)21-23(12)16)14-9-19-22(11-14)10-13-5-3-2-4-6-13/h2-9,11H,10H2,1H3,(H2,18,21). The van der Waals surface area contributed by atoms with Crippen LogP contribution < -0.4 is 5.73 Å². The number of hydrogen-bond donors (Lipinski definition) is 1. The van der Waals surface area contributed by atoms with Gasteiger partial charge in [-0.25, -0.2) is 4.52 Å². The second kappa shape index (κ2) is 5.24. The maximum absolute atomic E-state index is 5.68. The number of aryl methyl sites for hydroxylation is 1. The summed E-state index contributed by atoms with van der Waals surface area (Å²) >= 11 is 0. The maximum Gasteiger partial charge on any atom is 0.240 e. The molecule has 23 heavy (non-hydrogen) atoms. The summed E-state index contributed by atoms with van der Waals surface area (Å²) in [5.41, 5.74) is 10.8. The van der Waals surface area contributed by atoms with Crippen molar-refractivity contribution < 1.29 is 0 Å². The Bertz CT molecular complexity index is 967. The van der Waals surface area contributed by atoms with E-state index < -0.39 is 0 Å². The molecule has 0 spiro atoms. The third-order valence-corrected chi connectivity index (χ3v) is 3.89. The topological polar surface area (TPSA) is 74.0 Å². The van der Waals surface area contributed by atoms with Crippen LogP contribution in [0.25, 0.3) is 16.8 Å². The Kier molecular flexibility index (Phi) is 3.08. The first-order chi connectivity index (χ1) is 11.2. The molecule has 0 aliphatic carbocycles. The maximum atomic E-state index is 5.68. The number of pyridine rings is 1. The first kappa shape index (κ1) is 13.5. The van der Waals surface area contributed by atoms with Gasteiger partial charge in [-0.3, -0.25) is 4.68 Å². The molecular weight excluding hydrogens is 288 g/mol. The van der Waals surface area contributed by atoms with Gasteiger partial charge in [0.2, 0.25) is 5.95 Å². The van der Waals surface area contributed by atoms with E-state index >= 15 is 0 Å². The summed E-state index contributed by atoms with van der Waals surface area (Å²) in [5, 5.41) is 8.69. The van der Waals surface area contributed by atoms with E-state index in [0.29, 0.717) is 0 Å². The van der Waals surface area contributed by atoms with E-state index in [4.69, 9.17) is 5.73 Å². The molecule has 6 nitrogen and oxygen atoms in total. The molecule has 4 rings (SSSR count). The molecule has 0 aliphatic heterocycles. The predicted molar refractivity (Wildman–Crippen MR) is 88.9 cm³/mol. The number of aromatic nitrogens is 5. The molecule has 3 heterocycles. The van der Waals surface area contributed by atoms with Gasteiger partial charge in [-0.05, 0) is 24.6 Å². The highest BCUT2D eigenvalue weighted by atomic mass is 15.3. The lowest BCUT2D eigenvalue weighted by Gasteiger charge is -2.05. The molecule has 1 aromatic carbocycles. The lowest BCUT2D eigenvalue weighted by atomic mass is 10.1. The van der Waals surface area contributed by atoms with Gasteiger partial charge in [0.15, 0.2) is 5.65 Å². The third-order valence-electron chi connectivity index (χ3n) is 3.89. The van der Waals surface area contributed by atoms with Crippen molar-refractivity contribution in [2.45, 2.75) is 13.5 Å². The van der Waals surface area contributed by atoms with Gasteiger partial charge in [-0.2, -0.15) is 10.1 Å². The molecule has 2 N–H and O–H groups in total. The third kappa shape index (κ3) is 2.44. The number of nitrogens with two attached hydrogens (primary N) is 1. The first-order valence-electron chi connectivity index (χ1n) is 7.39. The number of nitrogens with zero attached hydrogens (tertiary/aromatic N) is 5. The van der Waals surface area contributed by atoms with Crippen LogP contribution in [0.1, 0.15) is 11.3 Å². The van der Waals surface area contributed by atoms with Gasteiger partial charge in [0.25, 0.3) is 0 Å². The summed E-state index contributed by atoms with van der Waals surface area (Å²) in [6.45, 7) is 2.75. The Balaban J connectivity index is 1.70. The predicted octanol–water partition coefficient (Wildman–Crippen LogP) is 2.53. The minimum absolute atomic E-state index is 0.282. The molecule has 0 saturated heterocycles. The molecule has 0 amide bonds. The largest absolute Gasteiger partial charge is 0.366 e. The van der Waals surface area contributed by atoms with Gasteiger partial charge in [0, 0.05) is 23.0 Å². The minimum atomic E-state index is 0.282. The fraction of sp³-hybridized carbons (Fsp3) is 0.118. The fourth-order valence-corrected chi connectivity index (χ4v) is 2.75. The number of benzene rings is 1. The summed E-state index contributed by atoms with van der Waals surface area (Å²) < 4.78 is 3.70. The lowest BCUT2D eigenvalue weighted by Crippen LogP contribution is -1.99. The van der Waals surface area contributed by atoms with Crippen LogP contribution in [0.4, 0.5) is 5.95 Å². The average molecular weight is 304 g/mol. The molecular formula is C17H16N6. The van der Waals surface area contributed by atoms with E-state index in [1.54, 1.807) is 4.52 Å². The zero-order chi connectivity index (χ0) is 15.8. The van der Waals surface area contributed by atoms with Crippen LogP contribution in [0.3, 0.4) is 0 Å². The van der Waals surface area contributed by atoms with E-state index in [1.165, 1.54) is 5.56 Å². The SMILES string of the molecule is Cc1c(-c2cnn(Cc3ccccc3)c2)ccc2nc(N)nn12. The highest BCUT2D eigenvalue weighted by molar-refractivity contribution is 5.67. The van der Waals surface area contributed by atoms with Crippen LogP contribution in [0.2, 0.25) is 0 Å². The molecule has 0 aliphatic rings. The number of fused-ring (bicyclic) bond motifs is 1. The second-order valence-electron chi connectivity index (χ2n) is 5.48. The van der Waals surface area contributed by atoms with Gasteiger partial charge in [-0.15, -0.1) is 5.10 Å². The molecule has 0 unspecified atom stereocenters. The Morgan fingerprint density at radius 1 is 1.09 bits per heavy atom. The monoisotopic (exact) mass is 304 g/mol. The van der Waals surface area contributed by atoms with Gasteiger partial charge in [-0.1, -0.05) is 30.3 Å². The van der Waals surface area contributed by atoms with Gasteiger partial charge in [0.1, 0.15) is 0 Å². The normalized spacial score (nSPS) is 11.2. The minimum Gasteiger partial charge on any atom is -0.366 e. The van der Waals surface area contributed by atoms with Crippen LogP contribution in [-0.4, -0.2) is 24.4 Å². The van der Waals surface area contributed by atoms with Crippen molar-refractivity contribution in [3.8, 4) is 11.1 Å². The van der Waals surface area contributed by atoms with Crippen molar-refractivity contribution in [2.24, 2.45) is 0 Å². The van der Waals surface area contributed by atoms with E-state index in [2.05, 4.69) is 27.3 Å². The van der Waals surface area contributed by atoms with Gasteiger partial charge < -0.3 is 5.73 Å². The Morgan fingerprint density at radius 2 is 1.91 bits per heavy atom. The lowest BCUT2D eigenvalue weighted by molar-refractivity contribution is 0.687. The highest BCUT2D eigenvalue weighted by Crippen LogP contribution is 2.24. The van der Waals surface area contributed by atoms with E-state index in [1.807, 2.05) is 54.3 Å². The summed E-state index contributed by atoms with van der Waals surface area (Å²) in [5.74, 6) is 0.282. The smallest absolute Gasteiger partial charge is 0.240 e. The van der Waals surface area contributed by atoms with Crippen LogP contribution in [0.5, 0.6) is 0 Å². The number of rotatable bonds is 3. The van der Waals surface area contributed by atoms with Crippen molar-refractivity contribution in [3.05, 3.63) is 66.1 Å². The molecule has 4 aromatic rings. The first-order valence-corrected chi connectivity index (χ1v) is 7.39. The van der Waals surface area contributed by atoms with Crippen LogP contribution in [0.15, 0.2) is 54.9 Å².